The van der Waals surface area contributed by atoms with Gasteiger partial charge in [0.15, 0.2) is 0 Å². The van der Waals surface area contributed by atoms with E-state index in [1.165, 1.54) is 0 Å². The minimum absolute atomic E-state index is 0. The van der Waals surface area contributed by atoms with E-state index in [1.807, 2.05) is 13.8 Å². The summed E-state index contributed by atoms with van der Waals surface area (Å²) in [5.41, 5.74) is -0.667. The lowest BCUT2D eigenvalue weighted by Crippen LogP contribution is -2.32. The van der Waals surface area contributed by atoms with Crippen LogP contribution in [0.5, 0.6) is 0 Å². The molecule has 0 fully saturated rings. The number of allylic oxidation sites excluding steroid dienone is 2. The maximum absolute atomic E-state index is 8.66. The van der Waals surface area contributed by atoms with Gasteiger partial charge in [-0.3, -0.25) is 0 Å². The van der Waals surface area contributed by atoms with Crippen molar-refractivity contribution < 1.29 is 31.7 Å². The summed E-state index contributed by atoms with van der Waals surface area (Å²) in [6.07, 6.45) is 5.94. The predicted molar refractivity (Wildman–Crippen MR) is 69.9 cm³/mol. The Labute approximate surface area is 104 Å². The number of rotatable bonds is 5. The molecule has 0 saturated carbocycles. The normalized spacial score (nSPS) is 9.29. The maximum Gasteiger partial charge on any atom is 0.0531 e. The maximum atomic E-state index is 8.66. The van der Waals surface area contributed by atoms with Crippen LogP contribution in [-0.2, 0) is 0 Å². The van der Waals surface area contributed by atoms with Crippen LogP contribution in [0.4, 0.5) is 0 Å². The molecule has 0 spiro atoms. The summed E-state index contributed by atoms with van der Waals surface area (Å²) in [4.78, 5) is 0. The van der Waals surface area contributed by atoms with E-state index >= 15 is 0 Å². The Kier molecular flexibility index (Phi) is 36.8. The van der Waals surface area contributed by atoms with Crippen molar-refractivity contribution in [3.63, 3.8) is 0 Å². The fraction of sp³-hybridized carbons (Fsp3) is 0.818. The zero-order chi connectivity index (χ0) is 11.4. The Bertz CT molecular complexity index is 116. The fourth-order valence-corrected chi connectivity index (χ4v) is 0.721. The Balaban J connectivity index is -0.0000000533. The van der Waals surface area contributed by atoms with Crippen molar-refractivity contribution in [2.45, 2.75) is 33.6 Å². The van der Waals surface area contributed by atoms with Gasteiger partial charge < -0.3 is 31.7 Å². The van der Waals surface area contributed by atoms with Gasteiger partial charge in [-0.2, -0.15) is 0 Å². The average Bonchev–Trinajstić information content (AvgIpc) is 2.24. The number of aliphatic hydroxyl groups is 3. The molecule has 0 atom stereocenters. The molecule has 0 aliphatic rings. The molecule has 0 radical (unpaired) electrons. The van der Waals surface area contributed by atoms with Gasteiger partial charge >= 0.3 is 0 Å². The number of hydrogen-bond acceptors (Lipinski definition) is 3. The second kappa shape index (κ2) is 20.9. The lowest BCUT2D eigenvalue weighted by molar-refractivity contribution is 0.00304. The first-order valence-electron chi connectivity index (χ1n) is 5.10. The van der Waals surface area contributed by atoms with Gasteiger partial charge in [0.25, 0.3) is 0 Å². The smallest absolute Gasteiger partial charge is 0.0531 e. The number of aliphatic hydroxyl groups excluding tert-OH is 3. The van der Waals surface area contributed by atoms with E-state index in [-0.39, 0.29) is 36.2 Å². The summed E-state index contributed by atoms with van der Waals surface area (Å²) in [6, 6.07) is 0. The zero-order valence-corrected chi connectivity index (χ0v) is 11.0. The van der Waals surface area contributed by atoms with Gasteiger partial charge in [-0.25, -0.2) is 0 Å². The molecular weight excluding hydrogens is 228 g/mol. The molecule has 6 heteroatoms. The van der Waals surface area contributed by atoms with Gasteiger partial charge in [0.05, 0.1) is 19.8 Å². The lowest BCUT2D eigenvalue weighted by atomic mass is 9.88. The fourth-order valence-electron chi connectivity index (χ4n) is 0.721. The topological polar surface area (TPSA) is 155 Å². The SMILES string of the molecule is CC=CCC.CCC(CO)(CO)CO.O.O.O. The van der Waals surface area contributed by atoms with Crippen molar-refractivity contribution in [1.82, 2.24) is 0 Å². The molecule has 17 heavy (non-hydrogen) atoms. The molecule has 0 aromatic heterocycles. The summed E-state index contributed by atoms with van der Waals surface area (Å²) < 4.78 is 0. The molecule has 110 valence electrons. The van der Waals surface area contributed by atoms with Crippen LogP contribution in [0, 0.1) is 5.41 Å². The van der Waals surface area contributed by atoms with Crippen molar-refractivity contribution in [3.05, 3.63) is 12.2 Å². The van der Waals surface area contributed by atoms with Gasteiger partial charge in [-0.15, -0.1) is 0 Å². The second-order valence-corrected chi connectivity index (χ2v) is 3.31. The minimum Gasteiger partial charge on any atom is -0.412 e. The molecule has 0 rings (SSSR count). The van der Waals surface area contributed by atoms with Crippen molar-refractivity contribution in [3.8, 4) is 0 Å². The summed E-state index contributed by atoms with van der Waals surface area (Å²) in [6.45, 7) is 5.51. The van der Waals surface area contributed by atoms with Crippen molar-refractivity contribution >= 4 is 0 Å². The van der Waals surface area contributed by atoms with Crippen LogP contribution in [0.2, 0.25) is 0 Å². The Morgan fingerprint density at radius 2 is 1.24 bits per heavy atom. The first kappa shape index (κ1) is 30.0. The van der Waals surface area contributed by atoms with E-state index in [2.05, 4.69) is 19.1 Å². The van der Waals surface area contributed by atoms with Crippen molar-refractivity contribution in [2.24, 2.45) is 5.41 Å². The van der Waals surface area contributed by atoms with Gasteiger partial charge in [0, 0.05) is 5.41 Å². The first-order valence-corrected chi connectivity index (χ1v) is 5.10. The quantitative estimate of drug-likeness (QED) is 0.533. The molecule has 0 unspecified atom stereocenters. The van der Waals surface area contributed by atoms with Crippen molar-refractivity contribution in [2.75, 3.05) is 19.8 Å². The van der Waals surface area contributed by atoms with Gasteiger partial charge in [-0.05, 0) is 19.8 Å². The molecule has 0 aromatic carbocycles. The number of hydrogen-bond donors (Lipinski definition) is 3. The summed E-state index contributed by atoms with van der Waals surface area (Å²) in [7, 11) is 0. The van der Waals surface area contributed by atoms with Crippen molar-refractivity contribution in [1.29, 1.82) is 0 Å². The molecule has 0 aliphatic carbocycles. The Morgan fingerprint density at radius 1 is 0.882 bits per heavy atom. The van der Waals surface area contributed by atoms with Gasteiger partial charge in [0.1, 0.15) is 0 Å². The summed E-state index contributed by atoms with van der Waals surface area (Å²) in [5, 5.41) is 26.0. The molecule has 0 saturated heterocycles. The summed E-state index contributed by atoms with van der Waals surface area (Å²) in [5.74, 6) is 0. The van der Waals surface area contributed by atoms with Gasteiger partial charge in [-0.1, -0.05) is 26.0 Å². The molecule has 0 aliphatic heterocycles. The van der Waals surface area contributed by atoms with E-state index < -0.39 is 5.41 Å². The van der Waals surface area contributed by atoms with Crippen LogP contribution in [0.25, 0.3) is 0 Å². The van der Waals surface area contributed by atoms with E-state index in [0.717, 1.165) is 6.42 Å². The van der Waals surface area contributed by atoms with Gasteiger partial charge in [0.2, 0.25) is 0 Å². The van der Waals surface area contributed by atoms with Crippen LogP contribution in [-0.4, -0.2) is 51.6 Å². The largest absolute Gasteiger partial charge is 0.412 e. The molecule has 9 N–H and O–H groups in total. The monoisotopic (exact) mass is 258 g/mol. The first-order chi connectivity index (χ1) is 6.66. The zero-order valence-electron chi connectivity index (χ0n) is 11.0. The third kappa shape index (κ3) is 15.5. The highest BCUT2D eigenvalue weighted by Gasteiger charge is 2.24. The predicted octanol–water partition coefficient (Wildman–Crippen LogP) is -1.14. The molecule has 0 amide bonds. The van der Waals surface area contributed by atoms with E-state index in [4.69, 9.17) is 15.3 Å². The molecule has 0 heterocycles. The second-order valence-electron chi connectivity index (χ2n) is 3.31. The van der Waals surface area contributed by atoms with E-state index in [0.29, 0.717) is 6.42 Å². The van der Waals surface area contributed by atoms with Crippen LogP contribution < -0.4 is 0 Å². The van der Waals surface area contributed by atoms with E-state index in [9.17, 15) is 0 Å². The van der Waals surface area contributed by atoms with Crippen LogP contribution in [0.3, 0.4) is 0 Å². The standard InChI is InChI=1S/C6H14O3.C5H10.3H2O/c1-2-6(3-7,4-8)5-9;1-3-5-4-2;;;/h7-9H,2-5H2,1H3;3,5H,4H2,1-2H3;3*1H2. The lowest BCUT2D eigenvalue weighted by Gasteiger charge is -2.24. The molecule has 6 nitrogen and oxygen atoms in total. The molecule has 0 bridgehead atoms. The average molecular weight is 258 g/mol. The third-order valence-corrected chi connectivity index (χ3v) is 2.23. The van der Waals surface area contributed by atoms with Crippen LogP contribution >= 0.6 is 0 Å². The highest BCUT2D eigenvalue weighted by atomic mass is 16.3. The molecule has 0 aromatic rings. The van der Waals surface area contributed by atoms with Crippen LogP contribution in [0.1, 0.15) is 33.6 Å². The van der Waals surface area contributed by atoms with E-state index in [1.54, 1.807) is 0 Å². The highest BCUT2D eigenvalue weighted by Crippen LogP contribution is 2.18. The summed E-state index contributed by atoms with van der Waals surface area (Å²) >= 11 is 0. The highest BCUT2D eigenvalue weighted by molar-refractivity contribution is 4.74. The Hall–Kier alpha value is -0.500. The minimum atomic E-state index is -0.667. The third-order valence-electron chi connectivity index (χ3n) is 2.23. The molecular formula is C11H30O6. The van der Waals surface area contributed by atoms with Crippen LogP contribution in [0.15, 0.2) is 12.2 Å². The Morgan fingerprint density at radius 3 is 1.24 bits per heavy atom.